The van der Waals surface area contributed by atoms with Crippen molar-refractivity contribution in [3.05, 3.63) is 76.8 Å². The fraction of sp³-hybridized carbons (Fsp3) is 0.227. The number of para-hydroxylation sites is 1. The predicted octanol–water partition coefficient (Wildman–Crippen LogP) is 3.77. The zero-order valence-electron chi connectivity index (χ0n) is 14.1. The van der Waals surface area contributed by atoms with Crippen molar-refractivity contribution in [3.8, 4) is 0 Å². The zero-order valence-corrected chi connectivity index (χ0v) is 14.1. The molecule has 0 N–H and O–H groups in total. The lowest BCUT2D eigenvalue weighted by Crippen LogP contribution is -2.37. The molecule has 0 saturated heterocycles. The van der Waals surface area contributed by atoms with Gasteiger partial charge in [0.15, 0.2) is 0 Å². The van der Waals surface area contributed by atoms with E-state index in [2.05, 4.69) is 56.3 Å². The van der Waals surface area contributed by atoms with Gasteiger partial charge in [0.25, 0.3) is 0 Å². The van der Waals surface area contributed by atoms with Crippen molar-refractivity contribution in [1.29, 1.82) is 0 Å². The van der Waals surface area contributed by atoms with Gasteiger partial charge in [-0.25, -0.2) is 4.98 Å². The summed E-state index contributed by atoms with van der Waals surface area (Å²) in [6, 6.07) is 20.8. The van der Waals surface area contributed by atoms with Gasteiger partial charge in [-0.15, -0.1) is 0 Å². The van der Waals surface area contributed by atoms with Gasteiger partial charge < -0.3 is 4.74 Å². The van der Waals surface area contributed by atoms with Crippen molar-refractivity contribution in [2.45, 2.75) is 26.9 Å². The van der Waals surface area contributed by atoms with Crippen molar-refractivity contribution in [2.24, 2.45) is 5.41 Å². The number of aromatic nitrogens is 1. The molecule has 0 bridgehead atoms. The van der Waals surface area contributed by atoms with Crippen LogP contribution in [0.5, 0.6) is 0 Å². The first-order chi connectivity index (χ1) is 11.6. The maximum atomic E-state index is 6.24. The van der Waals surface area contributed by atoms with Gasteiger partial charge >= 0.3 is 0 Å². The molecule has 1 aromatic heterocycles. The summed E-state index contributed by atoms with van der Waals surface area (Å²) >= 11 is 0. The molecule has 0 aliphatic heterocycles. The van der Waals surface area contributed by atoms with Crippen LogP contribution in [0.1, 0.15) is 25.8 Å². The predicted molar refractivity (Wildman–Crippen MR) is 98.5 cm³/mol. The van der Waals surface area contributed by atoms with Gasteiger partial charge in [-0.1, -0.05) is 68.5 Å². The molecular weight excluding hydrogens is 294 g/mol. The van der Waals surface area contributed by atoms with Crippen LogP contribution in [0.2, 0.25) is 0 Å². The molecule has 0 fully saturated rings. The molecule has 0 unspecified atom stereocenters. The van der Waals surface area contributed by atoms with Crippen LogP contribution in [-0.2, 0) is 11.3 Å². The van der Waals surface area contributed by atoms with E-state index in [9.17, 15) is 0 Å². The number of nitrogens with zero attached hydrogens (tertiary/aromatic N) is 1. The van der Waals surface area contributed by atoms with Crippen LogP contribution in [0.3, 0.4) is 0 Å². The van der Waals surface area contributed by atoms with E-state index in [0.29, 0.717) is 6.61 Å². The second-order valence-electron chi connectivity index (χ2n) is 7.12. The molecule has 4 rings (SSSR count). The van der Waals surface area contributed by atoms with E-state index in [4.69, 9.17) is 9.72 Å². The Morgan fingerprint density at radius 2 is 1.75 bits per heavy atom. The lowest BCUT2D eigenvalue weighted by molar-refractivity contribution is 0.235. The van der Waals surface area contributed by atoms with E-state index in [0.717, 1.165) is 33.7 Å². The minimum atomic E-state index is 0.0501. The molecule has 3 aromatic rings. The van der Waals surface area contributed by atoms with Crippen LogP contribution < -0.4 is 10.6 Å². The lowest BCUT2D eigenvalue weighted by Gasteiger charge is -2.26. The average Bonchev–Trinajstić information content (AvgIpc) is 2.58. The molecule has 0 radical (unpaired) electrons. The van der Waals surface area contributed by atoms with Gasteiger partial charge in [0.2, 0.25) is 0 Å². The van der Waals surface area contributed by atoms with Crippen molar-refractivity contribution in [3.63, 3.8) is 0 Å². The average molecular weight is 315 g/mol. The third-order valence-corrected chi connectivity index (χ3v) is 4.45. The Hall–Kier alpha value is -2.61. The van der Waals surface area contributed by atoms with Crippen molar-refractivity contribution in [2.75, 3.05) is 0 Å². The van der Waals surface area contributed by atoms with E-state index in [1.807, 2.05) is 24.3 Å². The highest BCUT2D eigenvalue weighted by molar-refractivity contribution is 5.79. The molecule has 2 aromatic carbocycles. The van der Waals surface area contributed by atoms with Gasteiger partial charge in [-0.2, -0.15) is 0 Å². The first-order valence-electron chi connectivity index (χ1n) is 8.39. The third-order valence-electron chi connectivity index (χ3n) is 4.45. The minimum absolute atomic E-state index is 0.0501. The number of hydrogen-bond donors (Lipinski definition) is 0. The highest BCUT2D eigenvalue weighted by Crippen LogP contribution is 2.29. The van der Waals surface area contributed by atoms with Crippen molar-refractivity contribution < 1.29 is 4.74 Å². The van der Waals surface area contributed by atoms with Gasteiger partial charge in [0.05, 0.1) is 10.9 Å². The standard InChI is InChI=1S/C22H21NO/c1-22(2)13-20-18(12-17-10-6-7-11-19(17)23-20)21(14-22)24-15-16-8-4-3-5-9-16/h3-13H,14-15H2,1-2H3. The zero-order chi connectivity index (χ0) is 16.6. The van der Waals surface area contributed by atoms with E-state index in [1.54, 1.807) is 0 Å². The summed E-state index contributed by atoms with van der Waals surface area (Å²) in [7, 11) is 0. The topological polar surface area (TPSA) is 22.1 Å². The summed E-state index contributed by atoms with van der Waals surface area (Å²) < 4.78 is 6.24. The molecule has 0 spiro atoms. The lowest BCUT2D eigenvalue weighted by atomic mass is 9.84. The van der Waals surface area contributed by atoms with E-state index in [1.165, 1.54) is 5.56 Å². The summed E-state index contributed by atoms with van der Waals surface area (Å²) in [6.45, 7) is 5.07. The number of fused-ring (bicyclic) bond motifs is 2. The van der Waals surface area contributed by atoms with E-state index >= 15 is 0 Å². The van der Waals surface area contributed by atoms with Crippen molar-refractivity contribution in [1.82, 2.24) is 4.98 Å². The summed E-state index contributed by atoms with van der Waals surface area (Å²) in [4.78, 5) is 4.86. The first kappa shape index (κ1) is 14.9. The minimum Gasteiger partial charge on any atom is -0.493 e. The Labute approximate surface area is 142 Å². The van der Waals surface area contributed by atoms with Gasteiger partial charge in [0, 0.05) is 17.0 Å². The molecule has 1 heterocycles. The summed E-state index contributed by atoms with van der Waals surface area (Å²) in [5, 5.41) is 3.32. The molecule has 24 heavy (non-hydrogen) atoms. The van der Waals surface area contributed by atoms with Crippen LogP contribution in [0.25, 0.3) is 22.7 Å². The van der Waals surface area contributed by atoms with Crippen LogP contribution in [0.4, 0.5) is 0 Å². The maximum Gasteiger partial charge on any atom is 0.113 e. The Kier molecular flexibility index (Phi) is 3.61. The second kappa shape index (κ2) is 5.79. The monoisotopic (exact) mass is 315 g/mol. The van der Waals surface area contributed by atoms with Crippen LogP contribution in [-0.4, -0.2) is 4.98 Å². The SMILES string of the molecule is CC1(C)C=c2nc3ccccc3cc2=C(OCc2ccccc2)C1. The molecule has 1 aliphatic rings. The molecule has 0 amide bonds. The van der Waals surface area contributed by atoms with Gasteiger partial charge in [-0.3, -0.25) is 0 Å². The molecule has 120 valence electrons. The van der Waals surface area contributed by atoms with E-state index < -0.39 is 0 Å². The number of pyridine rings is 1. The third kappa shape index (κ3) is 2.92. The Morgan fingerprint density at radius 1 is 1.00 bits per heavy atom. The Morgan fingerprint density at radius 3 is 2.58 bits per heavy atom. The molecule has 1 aliphatic carbocycles. The Bertz CT molecular complexity index is 1000. The smallest absolute Gasteiger partial charge is 0.113 e. The van der Waals surface area contributed by atoms with E-state index in [-0.39, 0.29) is 5.41 Å². The summed E-state index contributed by atoms with van der Waals surface area (Å²) in [6.07, 6.45) is 3.16. The fourth-order valence-corrected chi connectivity index (χ4v) is 3.27. The van der Waals surface area contributed by atoms with Crippen LogP contribution >= 0.6 is 0 Å². The van der Waals surface area contributed by atoms with Gasteiger partial charge in [-0.05, 0) is 23.1 Å². The summed E-state index contributed by atoms with van der Waals surface area (Å²) in [5.74, 6) is 1.04. The maximum absolute atomic E-state index is 6.24. The number of ether oxygens (including phenoxy) is 1. The molecule has 2 heteroatoms. The molecule has 0 saturated carbocycles. The highest BCUT2D eigenvalue weighted by Gasteiger charge is 2.23. The van der Waals surface area contributed by atoms with Gasteiger partial charge in [0.1, 0.15) is 12.4 Å². The first-order valence-corrected chi connectivity index (χ1v) is 8.39. The highest BCUT2D eigenvalue weighted by atomic mass is 16.5. The van der Waals surface area contributed by atoms with Crippen LogP contribution in [0, 0.1) is 5.41 Å². The summed E-state index contributed by atoms with van der Waals surface area (Å²) in [5.41, 5.74) is 2.27. The normalized spacial score (nSPS) is 15.7. The fourth-order valence-electron chi connectivity index (χ4n) is 3.27. The number of hydrogen-bond acceptors (Lipinski definition) is 2. The molecule has 2 nitrogen and oxygen atoms in total. The number of rotatable bonds is 3. The van der Waals surface area contributed by atoms with Crippen molar-refractivity contribution >= 4 is 22.7 Å². The number of benzene rings is 2. The van der Waals surface area contributed by atoms with Crippen LogP contribution in [0.15, 0.2) is 60.7 Å². The second-order valence-corrected chi connectivity index (χ2v) is 7.12. The Balaban J connectivity index is 1.83. The largest absolute Gasteiger partial charge is 0.493 e. The molecule has 0 atom stereocenters. The molecular formula is C22H21NO. The quantitative estimate of drug-likeness (QED) is 0.734.